The highest BCUT2D eigenvalue weighted by Gasteiger charge is 2.49. The van der Waals surface area contributed by atoms with E-state index in [0.29, 0.717) is 18.4 Å². The Labute approximate surface area is 127 Å². The third kappa shape index (κ3) is 3.29. The molecule has 0 radical (unpaired) electrons. The average Bonchev–Trinajstić information content (AvgIpc) is 2.90. The van der Waals surface area contributed by atoms with Crippen molar-refractivity contribution in [2.75, 3.05) is 26.2 Å². The fourth-order valence-electron chi connectivity index (χ4n) is 3.90. The lowest BCUT2D eigenvalue weighted by molar-refractivity contribution is -0.129. The molecule has 120 valence electrons. The van der Waals surface area contributed by atoms with Crippen molar-refractivity contribution in [1.82, 2.24) is 15.5 Å². The van der Waals surface area contributed by atoms with Crippen molar-refractivity contribution in [2.45, 2.75) is 46.2 Å². The van der Waals surface area contributed by atoms with Gasteiger partial charge in [-0.15, -0.1) is 0 Å². The number of likely N-dealkylation sites (tertiary alicyclic amines) is 1. The molecule has 0 aromatic heterocycles. The Morgan fingerprint density at radius 1 is 1.33 bits per heavy atom. The zero-order valence-corrected chi connectivity index (χ0v) is 13.9. The number of fused-ring (bicyclic) bond motifs is 1. The first-order chi connectivity index (χ1) is 9.73. The zero-order valence-electron chi connectivity index (χ0n) is 13.9. The summed E-state index contributed by atoms with van der Waals surface area (Å²) < 4.78 is 0. The van der Waals surface area contributed by atoms with E-state index in [2.05, 4.69) is 29.4 Å². The fourth-order valence-corrected chi connectivity index (χ4v) is 3.90. The van der Waals surface area contributed by atoms with Crippen LogP contribution in [-0.2, 0) is 9.59 Å². The van der Waals surface area contributed by atoms with Gasteiger partial charge in [0.2, 0.25) is 5.91 Å². The molecule has 5 nitrogen and oxygen atoms in total. The van der Waals surface area contributed by atoms with Gasteiger partial charge >= 0.3 is 0 Å². The van der Waals surface area contributed by atoms with Gasteiger partial charge in [-0.1, -0.05) is 13.8 Å². The highest BCUT2D eigenvalue weighted by Crippen LogP contribution is 2.40. The summed E-state index contributed by atoms with van der Waals surface area (Å²) in [5.41, 5.74) is 0.0368. The lowest BCUT2D eigenvalue weighted by Gasteiger charge is -2.35. The van der Waals surface area contributed by atoms with Gasteiger partial charge in [-0.25, -0.2) is 0 Å². The molecule has 5 heteroatoms. The van der Waals surface area contributed by atoms with Crippen LogP contribution in [0.4, 0.5) is 0 Å². The minimum absolute atomic E-state index is 0.0279. The predicted octanol–water partition coefficient (Wildman–Crippen LogP) is 0.646. The molecule has 2 rings (SSSR count). The lowest BCUT2D eigenvalue weighted by atomic mass is 9.85. The topological polar surface area (TPSA) is 61.4 Å². The largest absolute Gasteiger partial charge is 0.345 e. The van der Waals surface area contributed by atoms with Gasteiger partial charge in [0.1, 0.15) is 0 Å². The molecule has 1 amide bonds. The number of ketones is 1. The molecule has 2 aliphatic rings. The Kier molecular flexibility index (Phi) is 4.73. The van der Waals surface area contributed by atoms with Gasteiger partial charge in [0.05, 0.1) is 12.6 Å². The average molecular weight is 295 g/mol. The molecule has 21 heavy (non-hydrogen) atoms. The normalized spacial score (nSPS) is 29.4. The molecule has 0 spiro atoms. The van der Waals surface area contributed by atoms with Crippen LogP contribution in [0.3, 0.4) is 0 Å². The van der Waals surface area contributed by atoms with E-state index in [1.54, 1.807) is 6.92 Å². The maximum absolute atomic E-state index is 12.3. The van der Waals surface area contributed by atoms with Gasteiger partial charge in [-0.05, 0) is 45.1 Å². The van der Waals surface area contributed by atoms with Gasteiger partial charge in [-0.3, -0.25) is 14.5 Å². The van der Waals surface area contributed by atoms with E-state index >= 15 is 0 Å². The minimum atomic E-state index is -0.371. The molecule has 2 aliphatic heterocycles. The van der Waals surface area contributed by atoms with Crippen LogP contribution in [0, 0.1) is 17.8 Å². The van der Waals surface area contributed by atoms with E-state index in [4.69, 9.17) is 0 Å². The Bertz CT molecular complexity index is 420. The predicted molar refractivity (Wildman–Crippen MR) is 83.0 cm³/mol. The molecular weight excluding hydrogens is 266 g/mol. The number of nitrogens with one attached hydrogen (secondary N) is 2. The molecule has 2 heterocycles. The summed E-state index contributed by atoms with van der Waals surface area (Å²) in [6.07, 6.45) is 0. The molecule has 2 saturated heterocycles. The van der Waals surface area contributed by atoms with Gasteiger partial charge in [0, 0.05) is 18.6 Å². The third-order valence-electron chi connectivity index (χ3n) is 5.27. The fraction of sp³-hybridized carbons (Fsp3) is 0.875. The third-order valence-corrected chi connectivity index (χ3v) is 5.27. The van der Waals surface area contributed by atoms with Crippen LogP contribution in [-0.4, -0.2) is 54.4 Å². The molecule has 2 N–H and O–H groups in total. The number of Topliss-reactive ketones (excluding diaryl/α,β-unsaturated/α-hetero) is 1. The first kappa shape index (κ1) is 16.4. The second kappa shape index (κ2) is 6.05. The highest BCUT2D eigenvalue weighted by atomic mass is 16.2. The maximum atomic E-state index is 12.3. The van der Waals surface area contributed by atoms with Crippen molar-refractivity contribution < 1.29 is 9.59 Å². The summed E-state index contributed by atoms with van der Waals surface area (Å²) in [6.45, 7) is 13.4. The SMILES string of the molecule is CC(=O)C(NC(=O)CN1CC2CNCC2C1(C)C)C(C)C. The molecule has 0 bridgehead atoms. The van der Waals surface area contributed by atoms with Gasteiger partial charge in [0.15, 0.2) is 5.78 Å². The Morgan fingerprint density at radius 3 is 2.52 bits per heavy atom. The molecular formula is C16H29N3O2. The minimum Gasteiger partial charge on any atom is -0.345 e. The van der Waals surface area contributed by atoms with E-state index in [1.165, 1.54) is 0 Å². The van der Waals surface area contributed by atoms with Crippen LogP contribution in [0.2, 0.25) is 0 Å². The van der Waals surface area contributed by atoms with E-state index in [9.17, 15) is 9.59 Å². The summed E-state index contributed by atoms with van der Waals surface area (Å²) in [4.78, 5) is 26.2. The Morgan fingerprint density at radius 2 is 2.00 bits per heavy atom. The highest BCUT2D eigenvalue weighted by molar-refractivity contribution is 5.88. The van der Waals surface area contributed by atoms with Crippen molar-refractivity contribution in [2.24, 2.45) is 17.8 Å². The monoisotopic (exact) mass is 295 g/mol. The summed E-state index contributed by atoms with van der Waals surface area (Å²) in [7, 11) is 0. The molecule has 0 aromatic rings. The maximum Gasteiger partial charge on any atom is 0.234 e. The first-order valence-corrected chi connectivity index (χ1v) is 7.99. The van der Waals surface area contributed by atoms with Crippen LogP contribution < -0.4 is 10.6 Å². The summed E-state index contributed by atoms with van der Waals surface area (Å²) in [5.74, 6) is 1.37. The molecule has 3 unspecified atom stereocenters. The number of carbonyl (C=O) groups excluding carboxylic acids is 2. The van der Waals surface area contributed by atoms with E-state index in [1.807, 2.05) is 13.8 Å². The standard InChI is InChI=1S/C16H29N3O2/c1-10(2)15(11(3)20)18-14(21)9-19-8-12-6-17-7-13(12)16(19,4)5/h10,12-13,15,17H,6-9H2,1-5H3,(H,18,21). The van der Waals surface area contributed by atoms with Gasteiger partial charge in [0.25, 0.3) is 0 Å². The number of amides is 1. The molecule has 3 atom stereocenters. The number of carbonyl (C=O) groups is 2. The molecule has 0 aliphatic carbocycles. The number of hydrogen-bond donors (Lipinski definition) is 2. The summed E-state index contributed by atoms with van der Waals surface area (Å²) >= 11 is 0. The lowest BCUT2D eigenvalue weighted by Crippen LogP contribution is -2.52. The first-order valence-electron chi connectivity index (χ1n) is 7.99. The molecule has 0 saturated carbocycles. The number of nitrogens with zero attached hydrogens (tertiary/aromatic N) is 1. The van der Waals surface area contributed by atoms with Crippen molar-refractivity contribution in [3.05, 3.63) is 0 Å². The van der Waals surface area contributed by atoms with Crippen molar-refractivity contribution in [3.63, 3.8) is 0 Å². The second-order valence-electron chi connectivity index (χ2n) is 7.46. The summed E-state index contributed by atoms with van der Waals surface area (Å²) in [6, 6.07) is -0.371. The smallest absolute Gasteiger partial charge is 0.234 e. The quantitative estimate of drug-likeness (QED) is 0.782. The Balaban J connectivity index is 1.95. The van der Waals surface area contributed by atoms with E-state index < -0.39 is 0 Å². The molecule has 2 fully saturated rings. The number of rotatable bonds is 5. The number of hydrogen-bond acceptors (Lipinski definition) is 4. The van der Waals surface area contributed by atoms with Crippen LogP contribution >= 0.6 is 0 Å². The van der Waals surface area contributed by atoms with E-state index in [0.717, 1.165) is 19.6 Å². The second-order valence-corrected chi connectivity index (χ2v) is 7.46. The van der Waals surface area contributed by atoms with Crippen LogP contribution in [0.1, 0.15) is 34.6 Å². The van der Waals surface area contributed by atoms with Crippen LogP contribution in [0.15, 0.2) is 0 Å². The zero-order chi connectivity index (χ0) is 15.8. The Hall–Kier alpha value is -0.940. The summed E-state index contributed by atoms with van der Waals surface area (Å²) in [5, 5.41) is 6.34. The van der Waals surface area contributed by atoms with Crippen LogP contribution in [0.25, 0.3) is 0 Å². The van der Waals surface area contributed by atoms with Crippen LogP contribution in [0.5, 0.6) is 0 Å². The van der Waals surface area contributed by atoms with Crippen molar-refractivity contribution >= 4 is 11.7 Å². The van der Waals surface area contributed by atoms with Gasteiger partial charge in [-0.2, -0.15) is 0 Å². The van der Waals surface area contributed by atoms with Crippen molar-refractivity contribution in [1.29, 1.82) is 0 Å². The van der Waals surface area contributed by atoms with E-state index in [-0.39, 0.29) is 29.2 Å². The molecule has 0 aromatic carbocycles. The van der Waals surface area contributed by atoms with Crippen molar-refractivity contribution in [3.8, 4) is 0 Å². The van der Waals surface area contributed by atoms with Gasteiger partial charge < -0.3 is 10.6 Å².